The zero-order valence-corrected chi connectivity index (χ0v) is 16.3. The second-order valence-electron chi connectivity index (χ2n) is 7.09. The fraction of sp³-hybridized carbons (Fsp3) is 0.348. The Morgan fingerprint density at radius 3 is 2.00 bits per heavy atom. The predicted molar refractivity (Wildman–Crippen MR) is 114 cm³/mol. The van der Waals surface area contributed by atoms with Crippen LogP contribution >= 0.6 is 12.4 Å². The molecule has 3 nitrogen and oxygen atoms in total. The topological polar surface area (TPSA) is 29.5 Å². The Balaban J connectivity index is 0.00000210. The van der Waals surface area contributed by atoms with E-state index in [-0.39, 0.29) is 18.4 Å². The summed E-state index contributed by atoms with van der Waals surface area (Å²) in [5.74, 6) is -0.215. The van der Waals surface area contributed by atoms with E-state index in [4.69, 9.17) is 4.74 Å². The number of rotatable bonds is 4. The van der Waals surface area contributed by atoms with Gasteiger partial charge >= 0.3 is 5.97 Å². The third kappa shape index (κ3) is 4.42. The highest BCUT2D eigenvalue weighted by Gasteiger charge is 2.17. The summed E-state index contributed by atoms with van der Waals surface area (Å²) < 4.78 is 5.71. The first-order valence-electron chi connectivity index (χ1n) is 9.63. The third-order valence-corrected chi connectivity index (χ3v) is 5.31. The molecule has 4 heteroatoms. The monoisotopic (exact) mass is 383 g/mol. The summed E-state index contributed by atoms with van der Waals surface area (Å²) in [6.45, 7) is 3.52. The average Bonchev–Trinajstić information content (AvgIpc) is 2.95. The maximum atomic E-state index is 12.9. The van der Waals surface area contributed by atoms with Crippen LogP contribution in [0.4, 0.5) is 0 Å². The van der Waals surface area contributed by atoms with Crippen molar-refractivity contribution in [3.63, 3.8) is 0 Å². The molecule has 142 valence electrons. The average molecular weight is 384 g/mol. The van der Waals surface area contributed by atoms with Gasteiger partial charge in [-0.15, -0.1) is 12.4 Å². The minimum atomic E-state index is -0.215. The molecule has 0 aliphatic carbocycles. The van der Waals surface area contributed by atoms with Crippen molar-refractivity contribution in [2.45, 2.75) is 25.7 Å². The van der Waals surface area contributed by atoms with Gasteiger partial charge in [0.05, 0.1) is 5.56 Å². The summed E-state index contributed by atoms with van der Waals surface area (Å²) in [5.41, 5.74) is 0.689. The number of carbonyl (C=O) groups is 1. The molecule has 1 saturated heterocycles. The highest BCUT2D eigenvalue weighted by molar-refractivity contribution is 6.16. The van der Waals surface area contributed by atoms with Crippen LogP contribution in [0.2, 0.25) is 0 Å². The number of benzene rings is 3. The number of likely N-dealkylation sites (tertiary alicyclic amines) is 1. The van der Waals surface area contributed by atoms with Crippen LogP contribution in [0.3, 0.4) is 0 Å². The maximum Gasteiger partial charge on any atom is 0.339 e. The van der Waals surface area contributed by atoms with Crippen molar-refractivity contribution in [3.05, 3.63) is 60.2 Å². The molecule has 1 heterocycles. The normalized spacial score (nSPS) is 15.3. The molecule has 1 aliphatic heterocycles. The molecule has 0 amide bonds. The van der Waals surface area contributed by atoms with Gasteiger partial charge in [0.15, 0.2) is 0 Å². The molecule has 0 unspecified atom stereocenters. The smallest absolute Gasteiger partial charge is 0.339 e. The molecular weight excluding hydrogens is 358 g/mol. The van der Waals surface area contributed by atoms with E-state index in [0.717, 1.165) is 41.2 Å². The first-order valence-corrected chi connectivity index (χ1v) is 9.63. The second-order valence-corrected chi connectivity index (χ2v) is 7.09. The molecule has 27 heavy (non-hydrogen) atoms. The Bertz CT molecular complexity index is 863. The van der Waals surface area contributed by atoms with Crippen LogP contribution in [0.25, 0.3) is 21.5 Å². The number of hydrogen-bond acceptors (Lipinski definition) is 3. The lowest BCUT2D eigenvalue weighted by atomic mass is 9.97. The van der Waals surface area contributed by atoms with Gasteiger partial charge in [-0.1, -0.05) is 61.4 Å². The van der Waals surface area contributed by atoms with E-state index in [1.54, 1.807) is 0 Å². The Hall–Kier alpha value is -2.10. The van der Waals surface area contributed by atoms with Gasteiger partial charge in [0.2, 0.25) is 0 Å². The Kier molecular flexibility index (Phi) is 6.70. The first-order chi connectivity index (χ1) is 12.8. The highest BCUT2D eigenvalue weighted by atomic mass is 35.5. The molecule has 0 N–H and O–H groups in total. The summed E-state index contributed by atoms with van der Waals surface area (Å²) in [4.78, 5) is 15.4. The summed E-state index contributed by atoms with van der Waals surface area (Å²) >= 11 is 0. The minimum Gasteiger partial charge on any atom is -0.461 e. The van der Waals surface area contributed by atoms with Crippen molar-refractivity contribution in [1.29, 1.82) is 0 Å². The number of halogens is 1. The van der Waals surface area contributed by atoms with E-state index in [0.29, 0.717) is 12.2 Å². The molecule has 1 fully saturated rings. The lowest BCUT2D eigenvalue weighted by Gasteiger charge is -2.19. The quantitative estimate of drug-likeness (QED) is 0.443. The minimum absolute atomic E-state index is 0. The van der Waals surface area contributed by atoms with Crippen molar-refractivity contribution in [2.24, 2.45) is 0 Å². The van der Waals surface area contributed by atoms with Crippen LogP contribution in [-0.4, -0.2) is 37.1 Å². The zero-order valence-electron chi connectivity index (χ0n) is 15.5. The summed E-state index contributed by atoms with van der Waals surface area (Å²) in [6.07, 6.45) is 5.14. The molecule has 0 atom stereocenters. The van der Waals surface area contributed by atoms with E-state index < -0.39 is 0 Å². The number of carbonyl (C=O) groups excluding carboxylic acids is 1. The van der Waals surface area contributed by atoms with Gasteiger partial charge in [-0.3, -0.25) is 4.90 Å². The lowest BCUT2D eigenvalue weighted by molar-refractivity contribution is 0.0468. The van der Waals surface area contributed by atoms with Gasteiger partial charge in [-0.25, -0.2) is 4.79 Å². The summed E-state index contributed by atoms with van der Waals surface area (Å²) in [5, 5.41) is 4.08. The first kappa shape index (κ1) is 19.7. The molecule has 0 saturated carbocycles. The molecule has 3 aromatic rings. The Morgan fingerprint density at radius 1 is 0.852 bits per heavy atom. The van der Waals surface area contributed by atoms with Crippen LogP contribution in [-0.2, 0) is 4.74 Å². The van der Waals surface area contributed by atoms with Crippen LogP contribution in [0.1, 0.15) is 36.0 Å². The number of hydrogen-bond donors (Lipinski definition) is 0. The molecule has 3 aromatic carbocycles. The molecular formula is C23H26ClNO2. The molecule has 1 aliphatic rings. The van der Waals surface area contributed by atoms with Crippen LogP contribution in [0, 0.1) is 0 Å². The molecule has 4 rings (SSSR count). The standard InChI is InChI=1S/C23H25NO2.ClH/c25-23(26-16-15-24-13-7-1-2-8-14-24)22-20-11-5-3-9-18(20)17-19-10-4-6-12-21(19)22;/h3-6,9-12,17H,1-2,7-8,13-16H2;1H. The van der Waals surface area contributed by atoms with Gasteiger partial charge in [-0.05, 0) is 53.5 Å². The second kappa shape index (κ2) is 9.20. The maximum absolute atomic E-state index is 12.9. The van der Waals surface area contributed by atoms with Gasteiger partial charge < -0.3 is 4.74 Å². The van der Waals surface area contributed by atoms with E-state index in [1.807, 2.05) is 36.4 Å². The van der Waals surface area contributed by atoms with Crippen molar-refractivity contribution < 1.29 is 9.53 Å². The largest absolute Gasteiger partial charge is 0.461 e. The predicted octanol–water partition coefficient (Wildman–Crippen LogP) is 5.45. The third-order valence-electron chi connectivity index (χ3n) is 5.31. The van der Waals surface area contributed by atoms with Gasteiger partial charge in [0, 0.05) is 6.54 Å². The van der Waals surface area contributed by atoms with Gasteiger partial charge in [-0.2, -0.15) is 0 Å². The summed E-state index contributed by atoms with van der Waals surface area (Å²) in [7, 11) is 0. The van der Waals surface area contributed by atoms with Gasteiger partial charge in [0.25, 0.3) is 0 Å². The number of ether oxygens (including phenoxy) is 1. The number of esters is 1. The Labute approximate surface area is 166 Å². The van der Waals surface area contributed by atoms with E-state index >= 15 is 0 Å². The van der Waals surface area contributed by atoms with Crippen LogP contribution in [0.5, 0.6) is 0 Å². The molecule has 0 spiro atoms. The molecule has 0 bridgehead atoms. The van der Waals surface area contributed by atoms with E-state index in [9.17, 15) is 4.79 Å². The number of fused-ring (bicyclic) bond motifs is 2. The van der Waals surface area contributed by atoms with Gasteiger partial charge in [0.1, 0.15) is 6.61 Å². The van der Waals surface area contributed by atoms with Crippen molar-refractivity contribution in [2.75, 3.05) is 26.2 Å². The Morgan fingerprint density at radius 2 is 1.41 bits per heavy atom. The fourth-order valence-electron chi connectivity index (χ4n) is 3.93. The lowest BCUT2D eigenvalue weighted by Crippen LogP contribution is -2.29. The van der Waals surface area contributed by atoms with Crippen LogP contribution in [0.15, 0.2) is 54.6 Å². The SMILES string of the molecule is Cl.O=C(OCCN1CCCCCC1)c1c2ccccc2cc2ccccc12. The molecule has 0 radical (unpaired) electrons. The number of nitrogens with zero attached hydrogens (tertiary/aromatic N) is 1. The highest BCUT2D eigenvalue weighted by Crippen LogP contribution is 2.29. The van der Waals surface area contributed by atoms with Crippen LogP contribution < -0.4 is 0 Å². The molecule has 0 aromatic heterocycles. The fourth-order valence-corrected chi connectivity index (χ4v) is 3.93. The summed E-state index contributed by atoms with van der Waals surface area (Å²) in [6, 6.07) is 18.2. The van der Waals surface area contributed by atoms with Crippen molar-refractivity contribution >= 4 is 39.9 Å². The van der Waals surface area contributed by atoms with E-state index in [2.05, 4.69) is 23.1 Å². The zero-order chi connectivity index (χ0) is 17.8. The van der Waals surface area contributed by atoms with Crippen molar-refractivity contribution in [3.8, 4) is 0 Å². The van der Waals surface area contributed by atoms with Crippen molar-refractivity contribution in [1.82, 2.24) is 4.90 Å². The van der Waals surface area contributed by atoms with E-state index in [1.165, 1.54) is 25.7 Å².